The van der Waals surface area contributed by atoms with Gasteiger partial charge in [0.1, 0.15) is 84.6 Å². The summed E-state index contributed by atoms with van der Waals surface area (Å²) < 4.78 is 0. The van der Waals surface area contributed by atoms with Crippen LogP contribution in [-0.2, 0) is 112 Å². The van der Waals surface area contributed by atoms with Crippen LogP contribution in [0.5, 0.6) is 0 Å². The van der Waals surface area contributed by atoms with E-state index in [4.69, 9.17) is 73.6 Å². The lowest BCUT2D eigenvalue weighted by molar-refractivity contribution is -0.143. The minimum absolute atomic E-state index is 0.0114. The lowest BCUT2D eigenvalue weighted by atomic mass is 9.96. The van der Waals surface area contributed by atoms with Gasteiger partial charge in [-0.2, -0.15) is 0 Å². The van der Waals surface area contributed by atoms with Gasteiger partial charge < -0.3 is 168 Å². The second kappa shape index (κ2) is 60.2. The van der Waals surface area contributed by atoms with Gasteiger partial charge >= 0.3 is 17.9 Å². The van der Waals surface area contributed by atoms with Crippen LogP contribution in [0.3, 0.4) is 0 Å². The Labute approximate surface area is 756 Å². The predicted molar refractivity (Wildman–Crippen MR) is 463 cm³/mol. The summed E-state index contributed by atoms with van der Waals surface area (Å²) in [6.07, 6.45) is -6.28. The first-order chi connectivity index (χ1) is 61.8. The summed E-state index contributed by atoms with van der Waals surface area (Å²) in [5.41, 5.74) is 55.3. The van der Waals surface area contributed by atoms with Crippen LogP contribution in [0.15, 0.2) is 12.5 Å². The number of nitrogens with one attached hydrogen (secondary N) is 21. The van der Waals surface area contributed by atoms with E-state index in [0.717, 1.165) is 6.92 Å². The number of aromatic nitrogens is 2. The summed E-state index contributed by atoms with van der Waals surface area (Å²) in [6.45, 7) is 7.24. The molecule has 0 aromatic carbocycles. The number of carbonyl (C=O) groups is 22. The SMILES string of the molecule is CC[C@H](C)[C@H](NC(=O)[C@H](CCCNC(=N)N)NC(=O)[C@H](CC(=O)O)NC(=O)[C@H](CC(N)=O)NC(=O)[C@H](CC(C)C)NC(=O)[C@H](Cc1c[nH]cn1)NC(=O)[C@H](CCCCN)NC(=O)[C@@H](N)CCCNC(=N)N)C(=O)N[C@@H](CC(N)=O)C(=O)N[C@@H](CCCNC(=N)N)C(=O)N[C@@H](CCC(=O)O)C(=O)N[C@@H](CC(N)=O)C(=O)N[C@@H](C)C(=O)N[C@@H](CC(N)=O)C(=O)N[C@@H](CCC(N)=O)C(=O)O. The van der Waals surface area contributed by atoms with Gasteiger partial charge in [0.15, 0.2) is 17.9 Å². The Morgan fingerprint density at radius 1 is 0.364 bits per heavy atom. The Morgan fingerprint density at radius 2 is 0.697 bits per heavy atom. The first-order valence-corrected chi connectivity index (χ1v) is 41.8. The van der Waals surface area contributed by atoms with E-state index >= 15 is 0 Å². The Bertz CT molecular complexity index is 4210. The lowest BCUT2D eigenvalue weighted by Crippen LogP contribution is -2.62. The molecule has 44 N–H and O–H groups in total. The van der Waals surface area contributed by atoms with Gasteiger partial charge in [-0.3, -0.25) is 117 Å². The van der Waals surface area contributed by atoms with Gasteiger partial charge in [-0.25, -0.2) is 9.78 Å². The van der Waals surface area contributed by atoms with E-state index in [0.29, 0.717) is 19.3 Å². The zero-order chi connectivity index (χ0) is 100. The van der Waals surface area contributed by atoms with E-state index in [-0.39, 0.29) is 82.8 Å². The van der Waals surface area contributed by atoms with Crippen LogP contribution in [0.25, 0.3) is 0 Å². The molecule has 57 heteroatoms. The molecule has 1 rings (SSSR count). The molecule has 57 nitrogen and oxygen atoms in total. The topological polar surface area (TPSA) is 1000 Å². The fraction of sp³-hybridized carbons (Fsp3) is 0.627. The quantitative estimate of drug-likeness (QED) is 0.0164. The van der Waals surface area contributed by atoms with Crippen molar-refractivity contribution in [3.63, 3.8) is 0 Å². The highest BCUT2D eigenvalue weighted by molar-refractivity contribution is 6.03. The number of hydrogen-bond donors (Lipinski definition) is 34. The number of rotatable bonds is 67. The number of carboxylic acid groups (broad SMARTS) is 3. The van der Waals surface area contributed by atoms with Gasteiger partial charge in [0.05, 0.1) is 50.2 Å². The largest absolute Gasteiger partial charge is 0.481 e. The number of carboxylic acids is 3. The minimum atomic E-state index is -2.22. The molecule has 132 heavy (non-hydrogen) atoms. The van der Waals surface area contributed by atoms with Crippen LogP contribution < -0.4 is 148 Å². The summed E-state index contributed by atoms with van der Waals surface area (Å²) in [5.74, 6) is -31.1. The van der Waals surface area contributed by atoms with E-state index < -0.39 is 315 Å². The molecule has 0 spiro atoms. The summed E-state index contributed by atoms with van der Waals surface area (Å²) in [5, 5.41) is 91.6. The number of hydrogen-bond acceptors (Lipinski definition) is 28. The third-order valence-electron chi connectivity index (χ3n) is 19.4. The monoisotopic (exact) mass is 1880 g/mol. The van der Waals surface area contributed by atoms with Gasteiger partial charge in [-0.15, -0.1) is 0 Å². The molecule has 1 heterocycles. The number of guanidine groups is 3. The minimum Gasteiger partial charge on any atom is -0.481 e. The van der Waals surface area contributed by atoms with Crippen LogP contribution in [0.4, 0.5) is 0 Å². The Kier molecular flexibility index (Phi) is 52.5. The zero-order valence-electron chi connectivity index (χ0n) is 73.7. The molecular formula is C75H128N32O25. The van der Waals surface area contributed by atoms with Gasteiger partial charge in [-0.05, 0) is 102 Å². The average Bonchev–Trinajstić information content (AvgIpc) is 0.990. The van der Waals surface area contributed by atoms with E-state index in [1.54, 1.807) is 13.8 Å². The van der Waals surface area contributed by atoms with Crippen molar-refractivity contribution in [1.29, 1.82) is 16.2 Å². The van der Waals surface area contributed by atoms with E-state index in [1.807, 2.05) is 5.32 Å². The Morgan fingerprint density at radius 3 is 1.08 bits per heavy atom. The van der Waals surface area contributed by atoms with Crippen molar-refractivity contribution in [3.8, 4) is 0 Å². The molecule has 19 amide bonds. The van der Waals surface area contributed by atoms with E-state index in [2.05, 4.69) is 95.0 Å². The fourth-order valence-electron chi connectivity index (χ4n) is 12.3. The van der Waals surface area contributed by atoms with Crippen molar-refractivity contribution in [3.05, 3.63) is 18.2 Å². The van der Waals surface area contributed by atoms with Crippen molar-refractivity contribution in [1.82, 2.24) is 100 Å². The third-order valence-corrected chi connectivity index (χ3v) is 19.4. The van der Waals surface area contributed by atoms with Gasteiger partial charge in [0.25, 0.3) is 0 Å². The predicted octanol–water partition coefficient (Wildman–Crippen LogP) is -13.7. The molecule has 1 aromatic rings. The number of aliphatic carboxylic acids is 3. The van der Waals surface area contributed by atoms with Gasteiger partial charge in [-0.1, -0.05) is 34.1 Å². The molecule has 1 aromatic heterocycles. The maximum absolute atomic E-state index is 14.7. The molecule has 0 aliphatic carbocycles. The van der Waals surface area contributed by atoms with Gasteiger partial charge in [0, 0.05) is 45.1 Å². The highest BCUT2D eigenvalue weighted by Crippen LogP contribution is 2.16. The third kappa shape index (κ3) is 47.4. The number of aromatic amines is 1. The summed E-state index contributed by atoms with van der Waals surface area (Å²) in [4.78, 5) is 303. The molecule has 0 saturated heterocycles. The highest BCUT2D eigenvalue weighted by Gasteiger charge is 2.41. The summed E-state index contributed by atoms with van der Waals surface area (Å²) in [6, 6.07) is -27.1. The standard InChI is InChI=1S/C75H128N32O25/c1-6-34(4)57(71(130)106-48(29-54(82)112)67(126)96-39(14-10-22-91-74(85)86)60(119)98-41(17-19-55(113)114)62(121)103-45(26-51(79)109)64(123)94-35(5)58(117)100-46(27-52(80)110)68(127)99-42(72(131)132)16-18-50(78)108)107-63(122)40(15-11-23-92-75(87)88)97-70(129)49(30-56(115)116)105-69(128)47(28-53(81)111)104-65(124)43(24-33(2)3)101-66(125)44(25-36-31-89-32-93-36)102-61(120)38(13-7-8-20-76)95-59(118)37(77)12-9-21-90-73(83)84/h31-35,37-49,57H,6-30,76-77H2,1-5H3,(H2,78,108)(H2,79,109)(H2,80,110)(H2,81,111)(H2,82,112)(H,89,93)(H,94,123)(H,95,118)(H,96,126)(H,97,129)(H,98,119)(H,99,127)(H,100,117)(H,101,125)(H,102,120)(H,103,121)(H,104,124)(H,105,128)(H,106,130)(H,107,122)(H,113,114)(H,115,116)(H,131,132)(H4,83,84,90)(H4,85,86,91)(H4,87,88,92)/t34-,35-,37-,38-,39-,40-,41-,42-,43-,44-,45-,46-,47-,48-,49-,57-/m0/s1. The maximum atomic E-state index is 14.7. The normalized spacial score (nSPS) is 14.5. The molecule has 0 bridgehead atoms. The second-order valence-corrected chi connectivity index (χ2v) is 31.1. The number of imidazole rings is 1. The van der Waals surface area contributed by atoms with Crippen molar-refractivity contribution in [2.75, 3.05) is 26.2 Å². The Balaban J connectivity index is 3.85. The second-order valence-electron chi connectivity index (χ2n) is 31.1. The molecule has 0 aliphatic rings. The van der Waals surface area contributed by atoms with E-state index in [9.17, 15) is 121 Å². The molecule has 0 fully saturated rings. The molecule has 16 atom stereocenters. The number of H-pyrrole nitrogens is 1. The molecule has 0 saturated carbocycles. The number of amides is 19. The smallest absolute Gasteiger partial charge is 0.326 e. The van der Waals surface area contributed by atoms with Crippen LogP contribution in [0, 0.1) is 28.1 Å². The molecule has 0 unspecified atom stereocenters. The molecular weight excluding hydrogens is 1750 g/mol. The first kappa shape index (κ1) is 115. The van der Waals surface area contributed by atoms with Gasteiger partial charge in [0.2, 0.25) is 112 Å². The maximum Gasteiger partial charge on any atom is 0.326 e. The zero-order valence-corrected chi connectivity index (χ0v) is 73.7. The van der Waals surface area contributed by atoms with Crippen molar-refractivity contribution in [2.45, 2.75) is 260 Å². The van der Waals surface area contributed by atoms with E-state index in [1.165, 1.54) is 26.4 Å². The number of primary amides is 5. The number of nitrogens with two attached hydrogens (primary N) is 10. The summed E-state index contributed by atoms with van der Waals surface area (Å²) in [7, 11) is 0. The molecule has 738 valence electrons. The number of nitrogens with zero attached hydrogens (tertiary/aromatic N) is 1. The first-order valence-electron chi connectivity index (χ1n) is 41.8. The summed E-state index contributed by atoms with van der Waals surface area (Å²) >= 11 is 0. The van der Waals surface area contributed by atoms with Crippen molar-refractivity contribution < 1.29 is 121 Å². The van der Waals surface area contributed by atoms with Crippen molar-refractivity contribution in [2.24, 2.45) is 69.2 Å². The Hall–Kier alpha value is -14.7. The van der Waals surface area contributed by atoms with Crippen LogP contribution >= 0.6 is 0 Å². The van der Waals surface area contributed by atoms with Crippen LogP contribution in [-0.4, -0.2) is 290 Å². The molecule has 0 radical (unpaired) electrons. The lowest BCUT2D eigenvalue weighted by Gasteiger charge is -2.30. The van der Waals surface area contributed by atoms with Crippen molar-refractivity contribution >= 4 is 148 Å². The van der Waals surface area contributed by atoms with Crippen LogP contribution in [0.1, 0.15) is 169 Å². The molecule has 0 aliphatic heterocycles. The van der Waals surface area contributed by atoms with Crippen LogP contribution in [0.2, 0.25) is 0 Å². The highest BCUT2D eigenvalue weighted by atomic mass is 16.4. The average molecular weight is 1880 g/mol. The number of carbonyl (C=O) groups excluding carboxylic acids is 19. The number of unbranched alkanes of at least 4 members (excludes halogenated alkanes) is 1. The fourth-order valence-corrected chi connectivity index (χ4v) is 12.3.